The molecular weight excluding hydrogens is 292 g/mol. The highest BCUT2D eigenvalue weighted by Gasteiger charge is 2.22. The van der Waals surface area contributed by atoms with Crippen LogP contribution in [0.25, 0.3) is 0 Å². The summed E-state index contributed by atoms with van der Waals surface area (Å²) in [6.45, 7) is 0. The number of ether oxygens (including phenoxy) is 1. The second-order valence-corrected chi connectivity index (χ2v) is 6.33. The zero-order valence-electron chi connectivity index (χ0n) is 11.3. The number of hydrogen-bond acceptors (Lipinski definition) is 4. The Hall–Kier alpha value is -2.34. The molecule has 0 amide bonds. The minimum atomic E-state index is -3.70. The van der Waals surface area contributed by atoms with Gasteiger partial charge in [-0.05, 0) is 23.8 Å². The lowest BCUT2D eigenvalue weighted by Gasteiger charge is -2.10. The van der Waals surface area contributed by atoms with Crippen molar-refractivity contribution in [2.24, 2.45) is 0 Å². The van der Waals surface area contributed by atoms with Gasteiger partial charge < -0.3 is 9.84 Å². The smallest absolute Gasteiger partial charge is 0.335 e. The van der Waals surface area contributed by atoms with Crippen LogP contribution < -0.4 is 4.74 Å². The number of carboxylic acids is 1. The summed E-state index contributed by atoms with van der Waals surface area (Å²) in [6, 6.07) is 12.3. The molecule has 0 heterocycles. The van der Waals surface area contributed by atoms with Crippen molar-refractivity contribution in [3.05, 3.63) is 59.7 Å². The lowest BCUT2D eigenvalue weighted by atomic mass is 10.1. The minimum Gasteiger partial charge on any atom is -0.495 e. The van der Waals surface area contributed by atoms with Gasteiger partial charge in [-0.2, -0.15) is 0 Å². The number of hydrogen-bond donors (Lipinski definition) is 1. The average Bonchev–Trinajstić information content (AvgIpc) is 2.47. The Balaban J connectivity index is 2.45. The molecule has 21 heavy (non-hydrogen) atoms. The van der Waals surface area contributed by atoms with Crippen LogP contribution in [-0.4, -0.2) is 26.6 Å². The van der Waals surface area contributed by atoms with E-state index in [0.717, 1.165) is 0 Å². The van der Waals surface area contributed by atoms with Crippen molar-refractivity contribution >= 4 is 15.8 Å². The Kier molecular flexibility index (Phi) is 4.28. The van der Waals surface area contributed by atoms with Crippen molar-refractivity contribution in [1.82, 2.24) is 0 Å². The summed E-state index contributed by atoms with van der Waals surface area (Å²) in [5.41, 5.74) is 0.229. The van der Waals surface area contributed by atoms with Crippen molar-refractivity contribution in [2.45, 2.75) is 10.6 Å². The number of carboxylic acid groups (broad SMARTS) is 1. The Bertz CT molecular complexity index is 765. The molecule has 110 valence electrons. The zero-order valence-corrected chi connectivity index (χ0v) is 12.1. The van der Waals surface area contributed by atoms with Gasteiger partial charge in [0.15, 0.2) is 9.84 Å². The first-order valence-electron chi connectivity index (χ1n) is 6.12. The fourth-order valence-electron chi connectivity index (χ4n) is 2.01. The number of rotatable bonds is 5. The number of sulfone groups is 1. The summed E-state index contributed by atoms with van der Waals surface area (Å²) in [5, 5.41) is 9.11. The molecule has 0 aliphatic rings. The maximum absolute atomic E-state index is 12.5. The van der Waals surface area contributed by atoms with Gasteiger partial charge in [-0.3, -0.25) is 0 Å². The Morgan fingerprint density at radius 2 is 1.71 bits per heavy atom. The second kappa shape index (κ2) is 5.97. The molecule has 5 nitrogen and oxygen atoms in total. The Morgan fingerprint density at radius 1 is 1.10 bits per heavy atom. The summed E-state index contributed by atoms with van der Waals surface area (Å²) in [4.78, 5) is 11.2. The molecule has 0 aromatic heterocycles. The third kappa shape index (κ3) is 3.22. The van der Waals surface area contributed by atoms with Crippen LogP contribution in [0.2, 0.25) is 0 Å². The van der Waals surface area contributed by atoms with E-state index in [0.29, 0.717) is 0 Å². The van der Waals surface area contributed by atoms with E-state index in [1.807, 2.05) is 0 Å². The molecule has 0 aliphatic carbocycles. The summed E-state index contributed by atoms with van der Waals surface area (Å²) in [5.74, 6) is -1.30. The third-order valence-corrected chi connectivity index (χ3v) is 4.70. The van der Waals surface area contributed by atoms with E-state index in [2.05, 4.69) is 0 Å². The average molecular weight is 306 g/mol. The van der Waals surface area contributed by atoms with Crippen LogP contribution in [0.1, 0.15) is 15.9 Å². The van der Waals surface area contributed by atoms with Crippen LogP contribution in [0, 0.1) is 0 Å². The Morgan fingerprint density at radius 3 is 2.38 bits per heavy atom. The van der Waals surface area contributed by atoms with Gasteiger partial charge >= 0.3 is 5.97 Å². The molecule has 2 aromatic carbocycles. The van der Waals surface area contributed by atoms with Crippen LogP contribution in [0.15, 0.2) is 53.4 Å². The minimum absolute atomic E-state index is 0.0176. The van der Waals surface area contributed by atoms with Gasteiger partial charge in [-0.1, -0.05) is 30.3 Å². The van der Waals surface area contributed by atoms with Crippen molar-refractivity contribution in [3.63, 3.8) is 0 Å². The predicted molar refractivity (Wildman–Crippen MR) is 77.3 cm³/mol. The lowest BCUT2D eigenvalue weighted by Crippen LogP contribution is -2.10. The first-order valence-corrected chi connectivity index (χ1v) is 7.78. The molecule has 0 fully saturated rings. The molecule has 1 N–H and O–H groups in total. The number of methoxy groups -OCH3 is 1. The van der Waals surface area contributed by atoms with Crippen molar-refractivity contribution < 1.29 is 23.1 Å². The van der Waals surface area contributed by atoms with E-state index >= 15 is 0 Å². The topological polar surface area (TPSA) is 80.7 Å². The van der Waals surface area contributed by atoms with E-state index in [9.17, 15) is 13.2 Å². The first kappa shape index (κ1) is 15.1. The molecule has 0 atom stereocenters. The van der Waals surface area contributed by atoms with Gasteiger partial charge in [0, 0.05) is 0 Å². The van der Waals surface area contributed by atoms with Crippen molar-refractivity contribution in [2.75, 3.05) is 7.11 Å². The lowest BCUT2D eigenvalue weighted by molar-refractivity contribution is 0.0696. The maximum atomic E-state index is 12.5. The second-order valence-electron chi connectivity index (χ2n) is 4.37. The van der Waals surface area contributed by atoms with Crippen molar-refractivity contribution in [3.8, 4) is 5.75 Å². The molecular formula is C15H14O5S. The highest BCUT2D eigenvalue weighted by molar-refractivity contribution is 7.90. The molecule has 2 rings (SSSR count). The van der Waals surface area contributed by atoms with Gasteiger partial charge in [-0.25, -0.2) is 13.2 Å². The summed E-state index contributed by atoms with van der Waals surface area (Å²) in [7, 11) is -2.31. The monoisotopic (exact) mass is 306 g/mol. The molecule has 0 spiro atoms. The van der Waals surface area contributed by atoms with Crippen molar-refractivity contribution in [1.29, 1.82) is 0 Å². The quantitative estimate of drug-likeness (QED) is 0.917. The van der Waals surface area contributed by atoms with E-state index in [4.69, 9.17) is 9.84 Å². The molecule has 0 bridgehead atoms. The fourth-order valence-corrected chi connectivity index (χ4v) is 3.57. The normalized spacial score (nSPS) is 11.1. The summed E-state index contributed by atoms with van der Waals surface area (Å²) < 4.78 is 30.0. The van der Waals surface area contributed by atoms with Crippen LogP contribution >= 0.6 is 0 Å². The van der Waals surface area contributed by atoms with Crippen LogP contribution in [0.5, 0.6) is 5.75 Å². The van der Waals surface area contributed by atoms with E-state index in [-0.39, 0.29) is 21.8 Å². The predicted octanol–water partition coefficient (Wildman–Crippen LogP) is 2.37. The number of carbonyl (C=O) groups is 1. The zero-order chi connectivity index (χ0) is 15.5. The van der Waals surface area contributed by atoms with E-state index in [1.165, 1.54) is 25.3 Å². The van der Waals surface area contributed by atoms with Gasteiger partial charge in [0.25, 0.3) is 0 Å². The number of para-hydroxylation sites is 1. The van der Waals surface area contributed by atoms with E-state index < -0.39 is 21.6 Å². The molecule has 0 aliphatic heterocycles. The summed E-state index contributed by atoms with van der Waals surface area (Å²) >= 11 is 0. The largest absolute Gasteiger partial charge is 0.495 e. The SMILES string of the molecule is COc1ccccc1S(=O)(=O)Cc1ccccc1C(=O)O. The standard InChI is InChI=1S/C15H14O5S/c1-20-13-8-4-5-9-14(13)21(18,19)10-11-6-2-3-7-12(11)15(16)17/h2-9H,10H2,1H3,(H,16,17). The van der Waals surface area contributed by atoms with Gasteiger partial charge in [0.2, 0.25) is 0 Å². The molecule has 2 aromatic rings. The highest BCUT2D eigenvalue weighted by Crippen LogP contribution is 2.27. The van der Waals surface area contributed by atoms with Gasteiger partial charge in [-0.15, -0.1) is 0 Å². The third-order valence-electron chi connectivity index (χ3n) is 3.00. The first-order chi connectivity index (χ1) is 9.95. The highest BCUT2D eigenvalue weighted by atomic mass is 32.2. The number of aromatic carboxylic acids is 1. The maximum Gasteiger partial charge on any atom is 0.335 e. The fraction of sp³-hybridized carbons (Fsp3) is 0.133. The molecule has 0 unspecified atom stereocenters. The Labute approximate surface area is 122 Å². The molecule has 0 saturated heterocycles. The van der Waals surface area contributed by atoms with Crippen LogP contribution in [-0.2, 0) is 15.6 Å². The molecule has 6 heteroatoms. The molecule has 0 saturated carbocycles. The number of benzene rings is 2. The van der Waals surface area contributed by atoms with Crippen LogP contribution in [0.4, 0.5) is 0 Å². The van der Waals surface area contributed by atoms with Gasteiger partial charge in [0.05, 0.1) is 18.4 Å². The summed E-state index contributed by atoms with van der Waals surface area (Å²) in [6.07, 6.45) is 0. The van der Waals surface area contributed by atoms with Crippen LogP contribution in [0.3, 0.4) is 0 Å². The molecule has 0 radical (unpaired) electrons. The van der Waals surface area contributed by atoms with E-state index in [1.54, 1.807) is 30.3 Å². The van der Waals surface area contributed by atoms with Gasteiger partial charge in [0.1, 0.15) is 10.6 Å².